The van der Waals surface area contributed by atoms with E-state index >= 15 is 0 Å². The largest absolute Gasteiger partial charge is 0.455 e. The number of aromatic nitrogens is 1. The van der Waals surface area contributed by atoms with Crippen molar-refractivity contribution in [2.45, 2.75) is 25.3 Å². The maximum Gasteiger partial charge on any atom is 0.338 e. The molecule has 0 N–H and O–H groups in total. The lowest BCUT2D eigenvalue weighted by atomic mass is 10.2. The fourth-order valence-corrected chi connectivity index (χ4v) is 4.44. The van der Waals surface area contributed by atoms with Crippen molar-refractivity contribution in [3.05, 3.63) is 75.7 Å². The van der Waals surface area contributed by atoms with Gasteiger partial charge in [0.05, 0.1) is 16.1 Å². The Kier molecular flexibility index (Phi) is 5.81. The lowest BCUT2D eigenvalue weighted by molar-refractivity contribution is 0.0472. The van der Waals surface area contributed by atoms with Gasteiger partial charge in [-0.1, -0.05) is 23.8 Å². The second kappa shape index (κ2) is 8.12. The maximum absolute atomic E-state index is 12.9. The number of anilines is 1. The van der Waals surface area contributed by atoms with Crippen molar-refractivity contribution in [1.82, 2.24) is 4.98 Å². The molecule has 0 aliphatic heterocycles. The lowest BCUT2D eigenvalue weighted by Gasteiger charge is -2.20. The molecule has 0 atom stereocenters. The topological polar surface area (TPSA) is 76.6 Å². The average Bonchev–Trinajstić information content (AvgIpc) is 3.11. The van der Waals surface area contributed by atoms with Crippen LogP contribution in [0.3, 0.4) is 0 Å². The number of hydrogen-bond acceptors (Lipinski definition) is 6. The van der Waals surface area contributed by atoms with Gasteiger partial charge in [0.15, 0.2) is 0 Å². The number of carbonyl (C=O) groups excluding carboxylic acids is 1. The molecule has 0 saturated heterocycles. The third kappa shape index (κ3) is 4.40. The molecular weight excluding hydrogens is 396 g/mol. The minimum Gasteiger partial charge on any atom is -0.455 e. The number of carbonyl (C=O) groups is 1. The molecule has 8 heteroatoms. The summed E-state index contributed by atoms with van der Waals surface area (Å²) < 4.78 is 32.3. The summed E-state index contributed by atoms with van der Waals surface area (Å²) in [6, 6.07) is 13.0. The van der Waals surface area contributed by atoms with Gasteiger partial charge in [-0.15, -0.1) is 11.3 Å². The Balaban J connectivity index is 1.79. The molecule has 1 aromatic heterocycles. The van der Waals surface area contributed by atoms with Gasteiger partial charge in [0.2, 0.25) is 0 Å². The normalized spacial score (nSPS) is 11.2. The third-order valence-corrected chi connectivity index (χ3v) is 6.84. The van der Waals surface area contributed by atoms with E-state index in [1.54, 1.807) is 12.1 Å². The molecule has 3 aromatic rings. The maximum atomic E-state index is 12.9. The number of esters is 1. The molecule has 0 aliphatic carbocycles. The standard InChI is InChI=1S/C20H20N2O4S2/c1-14-7-9-17(10-8-14)22(3)28(24,25)18-6-4-5-16(11-18)20(23)26-12-19-21-15(2)13-27-19/h4-11,13H,12H2,1-3H3. The zero-order valence-corrected chi connectivity index (χ0v) is 17.4. The number of nitrogens with zero attached hydrogens (tertiary/aromatic N) is 2. The van der Waals surface area contributed by atoms with Crippen LogP contribution in [0.15, 0.2) is 58.8 Å². The van der Waals surface area contributed by atoms with Crippen molar-refractivity contribution in [3.63, 3.8) is 0 Å². The Bertz CT molecular complexity index is 1090. The van der Waals surface area contributed by atoms with E-state index in [1.165, 1.54) is 47.0 Å². The van der Waals surface area contributed by atoms with Crippen molar-refractivity contribution in [3.8, 4) is 0 Å². The summed E-state index contributed by atoms with van der Waals surface area (Å²) in [7, 11) is -2.33. The van der Waals surface area contributed by atoms with Crippen LogP contribution in [-0.4, -0.2) is 26.4 Å². The molecule has 1 heterocycles. The van der Waals surface area contributed by atoms with E-state index < -0.39 is 16.0 Å². The number of aryl methyl sites for hydroxylation is 2. The summed E-state index contributed by atoms with van der Waals surface area (Å²) in [5.74, 6) is -0.595. The first-order chi connectivity index (χ1) is 13.3. The predicted molar refractivity (Wildman–Crippen MR) is 109 cm³/mol. The molecule has 0 spiro atoms. The van der Waals surface area contributed by atoms with E-state index in [0.29, 0.717) is 10.7 Å². The van der Waals surface area contributed by atoms with Gasteiger partial charge < -0.3 is 4.74 Å². The molecule has 3 rings (SSSR count). The molecule has 0 radical (unpaired) electrons. The second-order valence-electron chi connectivity index (χ2n) is 6.29. The molecule has 0 amide bonds. The van der Waals surface area contributed by atoms with Gasteiger partial charge in [-0.3, -0.25) is 4.31 Å². The van der Waals surface area contributed by atoms with E-state index in [1.807, 2.05) is 31.4 Å². The molecular formula is C20H20N2O4S2. The fraction of sp³-hybridized carbons (Fsp3) is 0.200. The van der Waals surface area contributed by atoms with E-state index in [2.05, 4.69) is 4.98 Å². The third-order valence-electron chi connectivity index (χ3n) is 4.12. The summed E-state index contributed by atoms with van der Waals surface area (Å²) in [6.45, 7) is 3.85. The van der Waals surface area contributed by atoms with Crippen LogP contribution in [0.4, 0.5) is 5.69 Å². The highest BCUT2D eigenvalue weighted by Gasteiger charge is 2.22. The Morgan fingerprint density at radius 3 is 2.50 bits per heavy atom. The molecule has 0 unspecified atom stereocenters. The van der Waals surface area contributed by atoms with E-state index in [4.69, 9.17) is 4.74 Å². The van der Waals surface area contributed by atoms with Gasteiger partial charge >= 0.3 is 5.97 Å². The molecule has 28 heavy (non-hydrogen) atoms. The minimum atomic E-state index is -3.81. The monoisotopic (exact) mass is 416 g/mol. The first-order valence-electron chi connectivity index (χ1n) is 8.51. The van der Waals surface area contributed by atoms with Crippen LogP contribution in [0.5, 0.6) is 0 Å². The Hall–Kier alpha value is -2.71. The molecule has 0 aliphatic rings. The van der Waals surface area contributed by atoms with Crippen LogP contribution in [-0.2, 0) is 21.4 Å². The molecule has 146 valence electrons. The number of sulfonamides is 1. The molecule has 6 nitrogen and oxygen atoms in total. The van der Waals surface area contributed by atoms with Crippen molar-refractivity contribution < 1.29 is 17.9 Å². The number of hydrogen-bond donors (Lipinski definition) is 0. The SMILES string of the molecule is Cc1ccc(N(C)S(=O)(=O)c2cccc(C(=O)OCc3nc(C)cs3)c2)cc1. The zero-order chi connectivity index (χ0) is 20.3. The van der Waals surface area contributed by atoms with Gasteiger partial charge in [-0.25, -0.2) is 18.2 Å². The van der Waals surface area contributed by atoms with Crippen LogP contribution < -0.4 is 4.31 Å². The quantitative estimate of drug-likeness (QED) is 0.569. The Morgan fingerprint density at radius 1 is 1.14 bits per heavy atom. The first-order valence-corrected chi connectivity index (χ1v) is 10.8. The second-order valence-corrected chi connectivity index (χ2v) is 9.21. The zero-order valence-electron chi connectivity index (χ0n) is 15.7. The predicted octanol–water partition coefficient (Wildman–Crippen LogP) is 3.94. The van der Waals surface area contributed by atoms with E-state index in [-0.39, 0.29) is 17.1 Å². The van der Waals surface area contributed by atoms with Gasteiger partial charge in [-0.05, 0) is 44.2 Å². The summed E-state index contributed by atoms with van der Waals surface area (Å²) >= 11 is 1.41. The van der Waals surface area contributed by atoms with E-state index in [9.17, 15) is 13.2 Å². The smallest absolute Gasteiger partial charge is 0.338 e. The highest BCUT2D eigenvalue weighted by atomic mass is 32.2. The van der Waals surface area contributed by atoms with Crippen LogP contribution in [0.2, 0.25) is 0 Å². The lowest BCUT2D eigenvalue weighted by Crippen LogP contribution is -2.26. The van der Waals surface area contributed by atoms with Crippen LogP contribution in [0.1, 0.15) is 26.6 Å². The van der Waals surface area contributed by atoms with Crippen molar-refractivity contribution in [2.24, 2.45) is 0 Å². The van der Waals surface area contributed by atoms with Gasteiger partial charge in [0, 0.05) is 18.1 Å². The van der Waals surface area contributed by atoms with Crippen molar-refractivity contribution in [2.75, 3.05) is 11.4 Å². The summed E-state index contributed by atoms with van der Waals surface area (Å²) in [6.07, 6.45) is 0. The van der Waals surface area contributed by atoms with Crippen molar-refractivity contribution in [1.29, 1.82) is 0 Å². The average molecular weight is 417 g/mol. The van der Waals surface area contributed by atoms with Crippen LogP contribution in [0, 0.1) is 13.8 Å². The molecule has 0 bridgehead atoms. The van der Waals surface area contributed by atoms with E-state index in [0.717, 1.165) is 11.3 Å². The highest BCUT2D eigenvalue weighted by Crippen LogP contribution is 2.23. The number of thiazole rings is 1. The van der Waals surface area contributed by atoms with Gasteiger partial charge in [0.1, 0.15) is 11.6 Å². The summed E-state index contributed by atoms with van der Waals surface area (Å²) in [4.78, 5) is 16.6. The van der Waals surface area contributed by atoms with Crippen molar-refractivity contribution >= 4 is 33.0 Å². The molecule has 0 saturated carbocycles. The van der Waals surface area contributed by atoms with Crippen LogP contribution in [0.25, 0.3) is 0 Å². The molecule has 2 aromatic carbocycles. The molecule has 0 fully saturated rings. The summed E-state index contributed by atoms with van der Waals surface area (Å²) in [5.41, 5.74) is 2.61. The fourth-order valence-electron chi connectivity index (χ4n) is 2.51. The summed E-state index contributed by atoms with van der Waals surface area (Å²) in [5, 5.41) is 2.56. The first kappa shape index (κ1) is 20.0. The van der Waals surface area contributed by atoms with Crippen LogP contribution >= 0.6 is 11.3 Å². The number of benzene rings is 2. The van der Waals surface area contributed by atoms with Gasteiger partial charge in [0.25, 0.3) is 10.0 Å². The minimum absolute atomic E-state index is 0.0233. The Morgan fingerprint density at radius 2 is 1.86 bits per heavy atom. The Labute approximate surface area is 168 Å². The highest BCUT2D eigenvalue weighted by molar-refractivity contribution is 7.92. The van der Waals surface area contributed by atoms with Gasteiger partial charge in [-0.2, -0.15) is 0 Å². The number of ether oxygens (including phenoxy) is 1. The number of rotatable bonds is 6.